The normalized spacial score (nSPS) is 11.2. The van der Waals surface area contributed by atoms with Gasteiger partial charge in [0.2, 0.25) is 5.91 Å². The number of nitrogens with zero attached hydrogens (tertiary/aromatic N) is 3. The molecule has 0 saturated carbocycles. The standard InChI is InChI=1S/C24H25F3N4O3/c1-3-12-30(23(33)28-21-11-5-4-10-20(21)24(25,26)27)17-22(32)31(16-19-9-7-14-34-19)15-18-8-6-13-29(18)2/h3-11,13-14H,1,12,15-17H2,2H3,(H,28,33). The molecule has 0 saturated heterocycles. The Morgan fingerprint density at radius 3 is 2.47 bits per heavy atom. The SMILES string of the molecule is C=CCN(CC(=O)N(Cc1ccco1)Cc1cccn1C)C(=O)Nc1ccccc1C(F)(F)F. The predicted octanol–water partition coefficient (Wildman–Crippen LogP) is 4.89. The second-order valence-electron chi connectivity index (χ2n) is 7.58. The summed E-state index contributed by atoms with van der Waals surface area (Å²) in [5.74, 6) is 0.153. The van der Waals surface area contributed by atoms with E-state index in [4.69, 9.17) is 4.42 Å². The van der Waals surface area contributed by atoms with Gasteiger partial charge in [-0.3, -0.25) is 4.79 Å². The summed E-state index contributed by atoms with van der Waals surface area (Å²) >= 11 is 0. The lowest BCUT2D eigenvalue weighted by atomic mass is 10.1. The Balaban J connectivity index is 1.78. The molecule has 3 rings (SSSR count). The Morgan fingerprint density at radius 2 is 1.85 bits per heavy atom. The van der Waals surface area contributed by atoms with Gasteiger partial charge < -0.3 is 24.1 Å². The Kier molecular flexibility index (Phi) is 7.83. The molecule has 0 atom stereocenters. The zero-order valence-electron chi connectivity index (χ0n) is 18.6. The molecular weight excluding hydrogens is 449 g/mol. The van der Waals surface area contributed by atoms with Crippen LogP contribution in [0.3, 0.4) is 0 Å². The first-order valence-electron chi connectivity index (χ1n) is 10.4. The number of aromatic nitrogens is 1. The second-order valence-corrected chi connectivity index (χ2v) is 7.58. The van der Waals surface area contributed by atoms with Crippen LogP contribution < -0.4 is 5.32 Å². The highest BCUT2D eigenvalue weighted by atomic mass is 19.4. The molecule has 0 bridgehead atoms. The molecule has 0 spiro atoms. The van der Waals surface area contributed by atoms with Crippen LogP contribution in [0.25, 0.3) is 0 Å². The number of nitrogens with one attached hydrogen (secondary N) is 1. The van der Waals surface area contributed by atoms with Crippen LogP contribution in [0.2, 0.25) is 0 Å². The molecule has 0 unspecified atom stereocenters. The van der Waals surface area contributed by atoms with Crippen molar-refractivity contribution in [3.8, 4) is 0 Å². The minimum Gasteiger partial charge on any atom is -0.467 e. The number of rotatable bonds is 9. The molecule has 10 heteroatoms. The summed E-state index contributed by atoms with van der Waals surface area (Å²) < 4.78 is 47.2. The van der Waals surface area contributed by atoms with Crippen molar-refractivity contribution in [2.45, 2.75) is 19.3 Å². The molecule has 0 fully saturated rings. The highest BCUT2D eigenvalue weighted by Gasteiger charge is 2.34. The van der Waals surface area contributed by atoms with Gasteiger partial charge in [-0.2, -0.15) is 13.2 Å². The summed E-state index contributed by atoms with van der Waals surface area (Å²) in [4.78, 5) is 28.7. The van der Waals surface area contributed by atoms with E-state index in [0.29, 0.717) is 5.76 Å². The fourth-order valence-corrected chi connectivity index (χ4v) is 3.35. The maximum absolute atomic E-state index is 13.3. The van der Waals surface area contributed by atoms with E-state index in [1.807, 2.05) is 29.9 Å². The molecule has 1 aromatic carbocycles. The number of carbonyl (C=O) groups is 2. The molecule has 0 aliphatic rings. The molecule has 3 aromatic rings. The minimum absolute atomic E-state index is 0.0372. The van der Waals surface area contributed by atoms with Gasteiger partial charge in [0.25, 0.3) is 0 Å². The maximum Gasteiger partial charge on any atom is 0.418 e. The molecular formula is C24H25F3N4O3. The number of aryl methyl sites for hydroxylation is 1. The first-order valence-corrected chi connectivity index (χ1v) is 10.4. The Morgan fingerprint density at radius 1 is 1.09 bits per heavy atom. The average Bonchev–Trinajstić information content (AvgIpc) is 3.44. The van der Waals surface area contributed by atoms with Crippen LogP contribution in [0, 0.1) is 0 Å². The lowest BCUT2D eigenvalue weighted by Gasteiger charge is -2.27. The van der Waals surface area contributed by atoms with E-state index in [-0.39, 0.29) is 26.2 Å². The van der Waals surface area contributed by atoms with Crippen molar-refractivity contribution in [2.24, 2.45) is 7.05 Å². The summed E-state index contributed by atoms with van der Waals surface area (Å²) in [5.41, 5.74) is -0.507. The van der Waals surface area contributed by atoms with Gasteiger partial charge in [-0.25, -0.2) is 4.79 Å². The number of urea groups is 1. The number of anilines is 1. The number of alkyl halides is 3. The van der Waals surface area contributed by atoms with Crippen LogP contribution >= 0.6 is 0 Å². The lowest BCUT2D eigenvalue weighted by Crippen LogP contribution is -2.44. The second kappa shape index (κ2) is 10.8. The van der Waals surface area contributed by atoms with E-state index in [1.54, 1.807) is 12.1 Å². The van der Waals surface area contributed by atoms with E-state index < -0.39 is 29.4 Å². The number of halogens is 3. The molecule has 0 aliphatic carbocycles. The van der Waals surface area contributed by atoms with Gasteiger partial charge in [0.1, 0.15) is 12.3 Å². The number of furan rings is 1. The Labute approximate surface area is 195 Å². The van der Waals surface area contributed by atoms with Crippen molar-refractivity contribution >= 4 is 17.6 Å². The van der Waals surface area contributed by atoms with Gasteiger partial charge in [0.15, 0.2) is 0 Å². The quantitative estimate of drug-likeness (QED) is 0.449. The summed E-state index contributed by atoms with van der Waals surface area (Å²) in [5, 5.41) is 2.27. The first kappa shape index (κ1) is 24.7. The zero-order chi connectivity index (χ0) is 24.7. The maximum atomic E-state index is 13.3. The summed E-state index contributed by atoms with van der Waals surface area (Å²) in [7, 11) is 1.85. The van der Waals surface area contributed by atoms with Crippen LogP contribution in [-0.2, 0) is 31.1 Å². The lowest BCUT2D eigenvalue weighted by molar-refractivity contribution is -0.137. The molecule has 0 aliphatic heterocycles. The highest BCUT2D eigenvalue weighted by Crippen LogP contribution is 2.34. The van der Waals surface area contributed by atoms with Crippen LogP contribution in [-0.4, -0.2) is 39.4 Å². The van der Waals surface area contributed by atoms with Crippen molar-refractivity contribution in [1.82, 2.24) is 14.4 Å². The van der Waals surface area contributed by atoms with Crippen molar-refractivity contribution in [1.29, 1.82) is 0 Å². The number of benzene rings is 1. The molecule has 3 amide bonds. The third kappa shape index (κ3) is 6.31. The Hall–Kier alpha value is -3.95. The number of carbonyl (C=O) groups excluding carboxylic acids is 2. The largest absolute Gasteiger partial charge is 0.467 e. The minimum atomic E-state index is -4.64. The van der Waals surface area contributed by atoms with Crippen LogP contribution in [0.1, 0.15) is 17.0 Å². The van der Waals surface area contributed by atoms with Crippen LogP contribution in [0.5, 0.6) is 0 Å². The Bertz CT molecular complexity index is 1120. The van der Waals surface area contributed by atoms with Crippen LogP contribution in [0.15, 0.2) is 78.1 Å². The molecule has 2 aromatic heterocycles. The molecule has 0 radical (unpaired) electrons. The monoisotopic (exact) mass is 474 g/mol. The molecule has 1 N–H and O–H groups in total. The van der Waals surface area contributed by atoms with Gasteiger partial charge >= 0.3 is 12.2 Å². The third-order valence-electron chi connectivity index (χ3n) is 5.12. The van der Waals surface area contributed by atoms with Gasteiger partial charge in [0.05, 0.1) is 30.6 Å². The van der Waals surface area contributed by atoms with E-state index in [1.165, 1.54) is 29.4 Å². The summed E-state index contributed by atoms with van der Waals surface area (Å²) in [6.45, 7) is 3.60. The molecule has 34 heavy (non-hydrogen) atoms. The smallest absolute Gasteiger partial charge is 0.418 e. The van der Waals surface area contributed by atoms with E-state index in [2.05, 4.69) is 11.9 Å². The third-order valence-corrected chi connectivity index (χ3v) is 5.12. The van der Waals surface area contributed by atoms with E-state index >= 15 is 0 Å². The van der Waals surface area contributed by atoms with Gasteiger partial charge in [-0.15, -0.1) is 6.58 Å². The van der Waals surface area contributed by atoms with Crippen molar-refractivity contribution in [3.63, 3.8) is 0 Å². The van der Waals surface area contributed by atoms with Crippen LogP contribution in [0.4, 0.5) is 23.7 Å². The zero-order valence-corrected chi connectivity index (χ0v) is 18.6. The number of para-hydroxylation sites is 1. The summed E-state index contributed by atoms with van der Waals surface area (Å²) in [6, 6.07) is 11.0. The van der Waals surface area contributed by atoms with E-state index in [0.717, 1.165) is 22.7 Å². The topological polar surface area (TPSA) is 70.7 Å². The number of hydrogen-bond donors (Lipinski definition) is 1. The number of amides is 3. The molecule has 180 valence electrons. The fourth-order valence-electron chi connectivity index (χ4n) is 3.35. The van der Waals surface area contributed by atoms with Gasteiger partial charge in [-0.1, -0.05) is 18.2 Å². The average molecular weight is 474 g/mol. The van der Waals surface area contributed by atoms with Crippen molar-refractivity contribution < 1.29 is 27.2 Å². The first-order chi connectivity index (χ1) is 16.2. The number of hydrogen-bond acceptors (Lipinski definition) is 3. The van der Waals surface area contributed by atoms with Crippen molar-refractivity contribution in [3.05, 3.63) is 90.7 Å². The predicted molar refractivity (Wildman–Crippen MR) is 121 cm³/mol. The van der Waals surface area contributed by atoms with Gasteiger partial charge in [0, 0.05) is 25.5 Å². The molecule has 7 nitrogen and oxygen atoms in total. The molecule has 2 heterocycles. The van der Waals surface area contributed by atoms with Crippen molar-refractivity contribution in [2.75, 3.05) is 18.4 Å². The summed E-state index contributed by atoms with van der Waals surface area (Å²) in [6.07, 6.45) is 0.102. The van der Waals surface area contributed by atoms with Gasteiger partial charge in [-0.05, 0) is 36.4 Å². The fraction of sp³-hybridized carbons (Fsp3) is 0.250. The van der Waals surface area contributed by atoms with E-state index in [9.17, 15) is 22.8 Å². The highest BCUT2D eigenvalue weighted by molar-refractivity contribution is 5.93.